The van der Waals surface area contributed by atoms with Gasteiger partial charge >= 0.3 is 0 Å². The lowest BCUT2D eigenvalue weighted by Crippen LogP contribution is -2.59. The van der Waals surface area contributed by atoms with E-state index >= 15 is 4.39 Å². The monoisotopic (exact) mass is 457 g/mol. The first-order chi connectivity index (χ1) is 15.8. The zero-order chi connectivity index (χ0) is 23.4. The molecule has 3 amide bonds. The van der Waals surface area contributed by atoms with Crippen LogP contribution in [0.1, 0.15) is 79.8 Å². The SMILES string of the molecule is CCN1CC[C@@](O)(c2ccc3c(c2F)CN(C2CCC(=O)NC2=O)C3=O)C2(CCCCC2)C1. The predicted molar refractivity (Wildman–Crippen MR) is 119 cm³/mol. The van der Waals surface area contributed by atoms with Crippen LogP contribution in [-0.2, 0) is 21.7 Å². The molecule has 4 aliphatic rings. The predicted octanol–water partition coefficient (Wildman–Crippen LogP) is 2.45. The summed E-state index contributed by atoms with van der Waals surface area (Å²) in [5.41, 5.74) is -0.909. The molecule has 0 bridgehead atoms. The molecule has 33 heavy (non-hydrogen) atoms. The van der Waals surface area contributed by atoms with Crippen LogP contribution in [-0.4, -0.2) is 58.3 Å². The van der Waals surface area contributed by atoms with Crippen LogP contribution in [0.5, 0.6) is 0 Å². The fourth-order valence-corrected chi connectivity index (χ4v) is 6.64. The number of halogens is 1. The molecule has 2 N–H and O–H groups in total. The van der Waals surface area contributed by atoms with E-state index in [1.165, 1.54) is 4.90 Å². The second kappa shape index (κ2) is 8.17. The van der Waals surface area contributed by atoms with Crippen LogP contribution in [0, 0.1) is 11.2 Å². The molecule has 3 fully saturated rings. The minimum Gasteiger partial charge on any atom is -0.384 e. The number of likely N-dealkylation sites (tertiary alicyclic amines) is 1. The minimum absolute atomic E-state index is 0.0235. The zero-order valence-corrected chi connectivity index (χ0v) is 19.2. The Morgan fingerprint density at radius 3 is 2.61 bits per heavy atom. The lowest BCUT2D eigenvalue weighted by atomic mass is 9.57. The number of carbonyl (C=O) groups excluding carboxylic acids is 3. The molecule has 1 aromatic carbocycles. The van der Waals surface area contributed by atoms with Crippen molar-refractivity contribution in [2.75, 3.05) is 19.6 Å². The summed E-state index contributed by atoms with van der Waals surface area (Å²) in [4.78, 5) is 40.6. The molecular weight excluding hydrogens is 425 g/mol. The summed E-state index contributed by atoms with van der Waals surface area (Å²) in [5, 5.41) is 14.4. The summed E-state index contributed by atoms with van der Waals surface area (Å²) in [7, 11) is 0. The van der Waals surface area contributed by atoms with Crippen molar-refractivity contribution < 1.29 is 23.9 Å². The van der Waals surface area contributed by atoms with Crippen molar-refractivity contribution in [3.63, 3.8) is 0 Å². The van der Waals surface area contributed by atoms with Crippen molar-refractivity contribution in [3.05, 3.63) is 34.6 Å². The van der Waals surface area contributed by atoms with E-state index in [9.17, 15) is 19.5 Å². The van der Waals surface area contributed by atoms with Gasteiger partial charge in [0.1, 0.15) is 17.5 Å². The highest BCUT2D eigenvalue weighted by atomic mass is 19.1. The Kier molecular flexibility index (Phi) is 5.56. The number of amides is 3. The van der Waals surface area contributed by atoms with E-state index in [0.29, 0.717) is 13.0 Å². The molecule has 2 saturated heterocycles. The number of piperidine rings is 2. The van der Waals surface area contributed by atoms with Crippen LogP contribution in [0.3, 0.4) is 0 Å². The summed E-state index contributed by atoms with van der Waals surface area (Å²) in [6.07, 6.45) is 5.74. The van der Waals surface area contributed by atoms with Crippen LogP contribution in [0.25, 0.3) is 0 Å². The number of hydrogen-bond acceptors (Lipinski definition) is 5. The maximum absolute atomic E-state index is 16.1. The summed E-state index contributed by atoms with van der Waals surface area (Å²) < 4.78 is 16.1. The van der Waals surface area contributed by atoms with Crippen LogP contribution in [0.4, 0.5) is 4.39 Å². The molecule has 1 aliphatic carbocycles. The lowest BCUT2D eigenvalue weighted by Gasteiger charge is -2.56. The normalized spacial score (nSPS) is 30.0. The number of carbonyl (C=O) groups is 3. The van der Waals surface area contributed by atoms with Gasteiger partial charge in [0.15, 0.2) is 0 Å². The molecule has 5 rings (SSSR count). The smallest absolute Gasteiger partial charge is 0.255 e. The molecule has 0 aromatic heterocycles. The van der Waals surface area contributed by atoms with Gasteiger partial charge in [-0.25, -0.2) is 4.39 Å². The molecule has 1 unspecified atom stereocenters. The maximum Gasteiger partial charge on any atom is 0.255 e. The molecule has 178 valence electrons. The number of aliphatic hydroxyl groups is 1. The highest BCUT2D eigenvalue weighted by Gasteiger charge is 2.56. The van der Waals surface area contributed by atoms with Crippen LogP contribution >= 0.6 is 0 Å². The third-order valence-electron chi connectivity index (χ3n) is 8.55. The van der Waals surface area contributed by atoms with Crippen molar-refractivity contribution in [2.24, 2.45) is 5.41 Å². The quantitative estimate of drug-likeness (QED) is 0.681. The fraction of sp³-hybridized carbons (Fsp3) is 0.640. The molecule has 1 aromatic rings. The minimum atomic E-state index is -1.29. The van der Waals surface area contributed by atoms with Crippen molar-refractivity contribution in [1.82, 2.24) is 15.1 Å². The first kappa shape index (κ1) is 22.5. The number of hydrogen-bond donors (Lipinski definition) is 2. The van der Waals surface area contributed by atoms with Crippen molar-refractivity contribution in [2.45, 2.75) is 76.5 Å². The van der Waals surface area contributed by atoms with Gasteiger partial charge in [-0.3, -0.25) is 19.7 Å². The Balaban J connectivity index is 1.50. The molecule has 3 aliphatic heterocycles. The second-order valence-electron chi connectivity index (χ2n) is 10.2. The molecule has 8 heteroatoms. The van der Waals surface area contributed by atoms with Crippen LogP contribution in [0.15, 0.2) is 12.1 Å². The largest absolute Gasteiger partial charge is 0.384 e. The van der Waals surface area contributed by atoms with E-state index in [4.69, 9.17) is 0 Å². The van der Waals surface area contributed by atoms with Gasteiger partial charge < -0.3 is 14.9 Å². The first-order valence-corrected chi connectivity index (χ1v) is 12.2. The van der Waals surface area contributed by atoms with E-state index in [1.54, 1.807) is 12.1 Å². The number of nitrogens with zero attached hydrogens (tertiary/aromatic N) is 2. The Bertz CT molecular complexity index is 1010. The van der Waals surface area contributed by atoms with E-state index < -0.39 is 34.7 Å². The Morgan fingerprint density at radius 2 is 1.91 bits per heavy atom. The molecule has 1 saturated carbocycles. The first-order valence-electron chi connectivity index (χ1n) is 12.2. The standard InChI is InChI=1S/C25H32FN3O4/c1-2-28-13-12-25(33,24(15-28)10-4-3-5-11-24)18-7-6-16-17(21(18)26)14-29(23(16)32)19-8-9-20(30)27-22(19)31/h6-7,19,33H,2-5,8-15H2,1H3,(H,27,30,31)/t19?,25-/m1/s1. The fourth-order valence-electron chi connectivity index (χ4n) is 6.64. The number of rotatable bonds is 3. The van der Waals surface area contributed by atoms with Gasteiger partial charge in [0, 0.05) is 41.6 Å². The van der Waals surface area contributed by atoms with Gasteiger partial charge in [0.25, 0.3) is 5.91 Å². The van der Waals surface area contributed by atoms with Gasteiger partial charge in [-0.15, -0.1) is 0 Å². The molecular formula is C25H32FN3O4. The molecule has 2 atom stereocenters. The van der Waals surface area contributed by atoms with Crippen molar-refractivity contribution in [3.8, 4) is 0 Å². The zero-order valence-electron chi connectivity index (χ0n) is 19.2. The number of nitrogens with one attached hydrogen (secondary N) is 1. The topological polar surface area (TPSA) is 89.9 Å². The third-order valence-corrected chi connectivity index (χ3v) is 8.55. The van der Waals surface area contributed by atoms with E-state index in [0.717, 1.165) is 45.2 Å². The average molecular weight is 458 g/mol. The van der Waals surface area contributed by atoms with Gasteiger partial charge in [-0.2, -0.15) is 0 Å². The number of benzene rings is 1. The van der Waals surface area contributed by atoms with Crippen LogP contribution < -0.4 is 5.32 Å². The van der Waals surface area contributed by atoms with Crippen molar-refractivity contribution in [1.29, 1.82) is 0 Å². The number of imide groups is 1. The number of fused-ring (bicyclic) bond motifs is 1. The average Bonchev–Trinajstić information content (AvgIpc) is 3.14. The highest BCUT2D eigenvalue weighted by Crippen LogP contribution is 2.55. The van der Waals surface area contributed by atoms with E-state index in [1.807, 2.05) is 0 Å². The highest BCUT2D eigenvalue weighted by molar-refractivity contribution is 6.05. The van der Waals surface area contributed by atoms with Crippen LogP contribution in [0.2, 0.25) is 0 Å². The Morgan fingerprint density at radius 1 is 1.15 bits per heavy atom. The molecule has 3 heterocycles. The summed E-state index contributed by atoms with van der Waals surface area (Å²) in [6, 6.07) is 2.42. The molecule has 1 spiro atoms. The van der Waals surface area contributed by atoms with E-state index in [2.05, 4.69) is 17.1 Å². The summed E-state index contributed by atoms with van der Waals surface area (Å²) >= 11 is 0. The second-order valence-corrected chi connectivity index (χ2v) is 10.2. The van der Waals surface area contributed by atoms with Gasteiger partial charge in [-0.05, 0) is 38.3 Å². The summed E-state index contributed by atoms with van der Waals surface area (Å²) in [5.74, 6) is -1.79. The molecule has 7 nitrogen and oxygen atoms in total. The lowest BCUT2D eigenvalue weighted by molar-refractivity contribution is -0.159. The van der Waals surface area contributed by atoms with E-state index in [-0.39, 0.29) is 42.0 Å². The van der Waals surface area contributed by atoms with Gasteiger partial charge in [0.2, 0.25) is 11.8 Å². The summed E-state index contributed by atoms with van der Waals surface area (Å²) in [6.45, 7) is 4.45. The van der Waals surface area contributed by atoms with Gasteiger partial charge in [0.05, 0.1) is 6.54 Å². The maximum atomic E-state index is 16.1. The third kappa shape index (κ3) is 3.41. The Hall–Kier alpha value is -2.32. The molecule has 0 radical (unpaired) electrons. The van der Waals surface area contributed by atoms with Gasteiger partial charge in [-0.1, -0.05) is 32.3 Å². The Labute approximate surface area is 193 Å². The van der Waals surface area contributed by atoms with Crippen molar-refractivity contribution >= 4 is 17.7 Å².